The molecule has 7 nitrogen and oxygen atoms in total. The van der Waals surface area contributed by atoms with Gasteiger partial charge in [-0.15, -0.1) is 0 Å². The first-order valence-corrected chi connectivity index (χ1v) is 12.0. The van der Waals surface area contributed by atoms with Crippen molar-refractivity contribution < 1.29 is 13.2 Å². The number of benzene rings is 3. The van der Waals surface area contributed by atoms with Gasteiger partial charge >= 0.3 is 0 Å². The lowest BCUT2D eigenvalue weighted by molar-refractivity contribution is 0.317. The van der Waals surface area contributed by atoms with Gasteiger partial charge in [-0.1, -0.05) is 43.3 Å². The van der Waals surface area contributed by atoms with E-state index in [4.69, 9.17) is 9.84 Å². The molecule has 3 aromatic carbocycles. The van der Waals surface area contributed by atoms with Crippen LogP contribution in [0.2, 0.25) is 0 Å². The molecule has 0 radical (unpaired) electrons. The summed E-state index contributed by atoms with van der Waals surface area (Å²) in [5.74, 6) is 0.786. The first-order chi connectivity index (χ1) is 16.1. The Labute approximate surface area is 193 Å². The second-order valence-corrected chi connectivity index (χ2v) is 8.91. The molecule has 8 heteroatoms. The zero-order valence-corrected chi connectivity index (χ0v) is 18.9. The molecule has 0 spiro atoms. The van der Waals surface area contributed by atoms with E-state index in [9.17, 15) is 8.42 Å². The average molecular weight is 461 g/mol. The van der Waals surface area contributed by atoms with Crippen molar-refractivity contribution in [1.82, 2.24) is 14.6 Å². The summed E-state index contributed by atoms with van der Waals surface area (Å²) in [6.45, 7) is 2.71. The van der Waals surface area contributed by atoms with Crippen LogP contribution in [0.25, 0.3) is 16.9 Å². The number of sulfonamides is 1. The van der Waals surface area contributed by atoms with Gasteiger partial charge < -0.3 is 4.74 Å². The number of aromatic nitrogens is 2. The van der Waals surface area contributed by atoms with Crippen LogP contribution in [-0.4, -0.2) is 31.0 Å². The lowest BCUT2D eigenvalue weighted by atomic mass is 10.1. The van der Waals surface area contributed by atoms with Crippen molar-refractivity contribution in [3.05, 3.63) is 96.7 Å². The fourth-order valence-corrected chi connectivity index (χ4v) is 3.98. The molecule has 0 amide bonds. The van der Waals surface area contributed by atoms with E-state index in [1.165, 1.54) is 18.3 Å². The van der Waals surface area contributed by atoms with Gasteiger partial charge in [0.2, 0.25) is 0 Å². The van der Waals surface area contributed by atoms with E-state index in [1.807, 2.05) is 60.8 Å². The highest BCUT2D eigenvalue weighted by atomic mass is 32.2. The standard InChI is InChI=1S/C25H24N4O3S/c1-2-17-32-23-15-13-20(14-16-23)25-21(19-29(27-25)22-9-5-3-6-10-22)18-26-28-33(30,31)24-11-7-4-8-12-24/h3-16,18-19,28H,2,17H2,1H3/b26-18-. The minimum atomic E-state index is -3.76. The number of hydrazone groups is 1. The number of nitrogens with one attached hydrogen (secondary N) is 1. The third-order valence-electron chi connectivity index (χ3n) is 4.79. The molecular weight excluding hydrogens is 436 g/mol. The minimum Gasteiger partial charge on any atom is -0.494 e. The van der Waals surface area contributed by atoms with Gasteiger partial charge in [-0.3, -0.25) is 0 Å². The first kappa shape index (κ1) is 22.3. The second kappa shape index (κ2) is 10.1. The molecule has 1 N–H and O–H groups in total. The number of rotatable bonds is 9. The quantitative estimate of drug-likeness (QED) is 0.291. The maximum atomic E-state index is 12.5. The Morgan fingerprint density at radius 1 is 0.970 bits per heavy atom. The lowest BCUT2D eigenvalue weighted by Crippen LogP contribution is -2.18. The summed E-state index contributed by atoms with van der Waals surface area (Å²) in [5, 5.41) is 8.72. The molecule has 33 heavy (non-hydrogen) atoms. The van der Waals surface area contributed by atoms with Crippen molar-refractivity contribution in [2.45, 2.75) is 18.2 Å². The van der Waals surface area contributed by atoms with E-state index in [-0.39, 0.29) is 4.90 Å². The number of ether oxygens (including phenoxy) is 1. The summed E-state index contributed by atoms with van der Waals surface area (Å²) in [7, 11) is -3.76. The largest absolute Gasteiger partial charge is 0.494 e. The van der Waals surface area contributed by atoms with E-state index in [0.29, 0.717) is 17.9 Å². The summed E-state index contributed by atoms with van der Waals surface area (Å²) in [6.07, 6.45) is 4.21. The highest BCUT2D eigenvalue weighted by Crippen LogP contribution is 2.25. The van der Waals surface area contributed by atoms with E-state index in [0.717, 1.165) is 23.4 Å². The molecule has 0 saturated carbocycles. The van der Waals surface area contributed by atoms with Gasteiger partial charge in [-0.25, -0.2) is 9.51 Å². The van der Waals surface area contributed by atoms with Crippen LogP contribution >= 0.6 is 0 Å². The molecule has 1 heterocycles. The molecule has 0 unspecified atom stereocenters. The number of hydrogen-bond donors (Lipinski definition) is 1. The number of nitrogens with zero attached hydrogens (tertiary/aromatic N) is 3. The molecular formula is C25H24N4O3S. The normalized spacial score (nSPS) is 11.5. The van der Waals surface area contributed by atoms with Gasteiger partial charge in [0.25, 0.3) is 10.0 Å². The molecule has 0 bridgehead atoms. The maximum Gasteiger partial charge on any atom is 0.276 e. The molecule has 1 aromatic heterocycles. The van der Waals surface area contributed by atoms with Crippen LogP contribution in [0.5, 0.6) is 5.75 Å². The van der Waals surface area contributed by atoms with Crippen molar-refractivity contribution in [1.29, 1.82) is 0 Å². The summed E-state index contributed by atoms with van der Waals surface area (Å²) >= 11 is 0. The summed E-state index contributed by atoms with van der Waals surface area (Å²) in [5.41, 5.74) is 3.08. The van der Waals surface area contributed by atoms with Gasteiger partial charge in [0.05, 0.1) is 23.4 Å². The Morgan fingerprint density at radius 3 is 2.30 bits per heavy atom. The zero-order chi connectivity index (χ0) is 23.1. The fourth-order valence-electron chi connectivity index (χ4n) is 3.17. The van der Waals surface area contributed by atoms with Crippen LogP contribution in [0.4, 0.5) is 0 Å². The fraction of sp³-hybridized carbons (Fsp3) is 0.120. The predicted molar refractivity (Wildman–Crippen MR) is 129 cm³/mol. The summed E-state index contributed by atoms with van der Waals surface area (Å²) in [6, 6.07) is 25.4. The van der Waals surface area contributed by atoms with Crippen molar-refractivity contribution in [2.24, 2.45) is 5.10 Å². The maximum absolute atomic E-state index is 12.5. The minimum absolute atomic E-state index is 0.144. The molecule has 0 saturated heterocycles. The van der Waals surface area contributed by atoms with Crippen molar-refractivity contribution in [3.63, 3.8) is 0 Å². The Kier molecular flexibility index (Phi) is 6.85. The zero-order valence-electron chi connectivity index (χ0n) is 18.1. The monoisotopic (exact) mass is 460 g/mol. The van der Waals surface area contributed by atoms with Crippen LogP contribution in [-0.2, 0) is 10.0 Å². The van der Waals surface area contributed by atoms with Crippen molar-refractivity contribution >= 4 is 16.2 Å². The second-order valence-electron chi connectivity index (χ2n) is 7.25. The van der Waals surface area contributed by atoms with Crippen molar-refractivity contribution in [3.8, 4) is 22.7 Å². The van der Waals surface area contributed by atoms with Crippen LogP contribution in [0.1, 0.15) is 18.9 Å². The highest BCUT2D eigenvalue weighted by Gasteiger charge is 2.14. The molecule has 168 valence electrons. The smallest absolute Gasteiger partial charge is 0.276 e. The molecule has 4 rings (SSSR count). The predicted octanol–water partition coefficient (Wildman–Crippen LogP) is 4.64. The third-order valence-corrected chi connectivity index (χ3v) is 6.03. The van der Waals surface area contributed by atoms with Gasteiger partial charge in [0, 0.05) is 17.3 Å². The summed E-state index contributed by atoms with van der Waals surface area (Å²) in [4.78, 5) is 2.41. The van der Waals surface area contributed by atoms with E-state index < -0.39 is 10.0 Å². The SMILES string of the molecule is CCCOc1ccc(-c2nn(-c3ccccc3)cc2/C=N\NS(=O)(=O)c2ccccc2)cc1. The topological polar surface area (TPSA) is 85.6 Å². The van der Waals surface area contributed by atoms with Gasteiger partial charge in [-0.2, -0.15) is 18.6 Å². The molecule has 0 aliphatic heterocycles. The Hall–Kier alpha value is -3.91. The van der Waals surface area contributed by atoms with Gasteiger partial charge in [-0.05, 0) is 55.0 Å². The Balaban J connectivity index is 1.64. The van der Waals surface area contributed by atoms with Gasteiger partial charge in [0.1, 0.15) is 11.4 Å². The van der Waals surface area contributed by atoms with Crippen molar-refractivity contribution in [2.75, 3.05) is 6.61 Å². The van der Waals surface area contributed by atoms with Crippen LogP contribution in [0.3, 0.4) is 0 Å². The average Bonchev–Trinajstić information content (AvgIpc) is 3.28. The van der Waals surface area contributed by atoms with Gasteiger partial charge in [0.15, 0.2) is 0 Å². The molecule has 0 atom stereocenters. The highest BCUT2D eigenvalue weighted by molar-refractivity contribution is 7.89. The number of para-hydroxylation sites is 1. The molecule has 0 fully saturated rings. The van der Waals surface area contributed by atoms with E-state index in [2.05, 4.69) is 16.9 Å². The van der Waals surface area contributed by atoms with Crippen LogP contribution in [0.15, 0.2) is 101 Å². The van der Waals surface area contributed by atoms with Crippen LogP contribution < -0.4 is 9.57 Å². The Bertz CT molecular complexity index is 1320. The molecule has 0 aliphatic carbocycles. The molecule has 0 aliphatic rings. The van der Waals surface area contributed by atoms with E-state index >= 15 is 0 Å². The third kappa shape index (κ3) is 5.48. The summed E-state index contributed by atoms with van der Waals surface area (Å²) < 4.78 is 32.3. The van der Waals surface area contributed by atoms with E-state index in [1.54, 1.807) is 22.9 Å². The van der Waals surface area contributed by atoms with Crippen LogP contribution in [0, 0.1) is 0 Å². The molecule has 4 aromatic rings. The number of hydrogen-bond acceptors (Lipinski definition) is 5. The lowest BCUT2D eigenvalue weighted by Gasteiger charge is -2.05. The Morgan fingerprint density at radius 2 is 1.64 bits per heavy atom. The first-order valence-electron chi connectivity index (χ1n) is 10.5.